The lowest BCUT2D eigenvalue weighted by Gasteiger charge is -2.09. The fraction of sp³-hybridized carbons (Fsp3) is 0.200. The number of amides is 2. The van der Waals surface area contributed by atoms with Crippen LogP contribution in [0.1, 0.15) is 18.4 Å². The molecule has 2 aromatic heterocycles. The quantitative estimate of drug-likeness (QED) is 0.719. The molecule has 7 heteroatoms. The maximum atomic E-state index is 11.9. The molecule has 0 spiro atoms. The number of nitrogens with one attached hydrogen (secondary N) is 1. The van der Waals surface area contributed by atoms with Crippen LogP contribution in [0.25, 0.3) is 22.9 Å². The van der Waals surface area contributed by atoms with Gasteiger partial charge in [0.1, 0.15) is 5.65 Å². The topological polar surface area (TPSA) is 96.1 Å². The summed E-state index contributed by atoms with van der Waals surface area (Å²) in [4.78, 5) is 32.1. The van der Waals surface area contributed by atoms with E-state index in [4.69, 9.17) is 0 Å². The maximum absolute atomic E-state index is 11.9. The first-order valence-electron chi connectivity index (χ1n) is 8.79. The molecule has 0 unspecified atom stereocenters. The predicted octanol–water partition coefficient (Wildman–Crippen LogP) is 0.782. The van der Waals surface area contributed by atoms with Gasteiger partial charge in [0.05, 0.1) is 18.2 Å². The Bertz CT molecular complexity index is 1240. The SMILES string of the molecule is O=C1C=c2c(-c3ccc4nc(NC(=O)C5CC5)cn4c3)c(CO)ccc2=N1. The molecule has 1 saturated carbocycles. The van der Waals surface area contributed by atoms with Crippen molar-refractivity contribution < 1.29 is 14.7 Å². The van der Waals surface area contributed by atoms with Gasteiger partial charge in [0, 0.05) is 23.4 Å². The number of rotatable bonds is 4. The second-order valence-corrected chi connectivity index (χ2v) is 6.86. The van der Waals surface area contributed by atoms with E-state index in [1.165, 1.54) is 6.08 Å². The zero-order valence-corrected chi connectivity index (χ0v) is 14.3. The molecular weight excluding hydrogens is 344 g/mol. The van der Waals surface area contributed by atoms with Gasteiger partial charge in [-0.15, -0.1) is 0 Å². The van der Waals surface area contributed by atoms with E-state index in [9.17, 15) is 14.7 Å². The van der Waals surface area contributed by atoms with E-state index in [1.54, 1.807) is 18.3 Å². The van der Waals surface area contributed by atoms with E-state index >= 15 is 0 Å². The van der Waals surface area contributed by atoms with E-state index in [1.807, 2.05) is 22.7 Å². The number of anilines is 1. The molecule has 1 aliphatic heterocycles. The van der Waals surface area contributed by atoms with Crippen molar-refractivity contribution in [3.8, 4) is 11.1 Å². The summed E-state index contributed by atoms with van der Waals surface area (Å²) in [6, 6.07) is 7.26. The average molecular weight is 360 g/mol. The summed E-state index contributed by atoms with van der Waals surface area (Å²) >= 11 is 0. The molecule has 134 valence electrons. The molecule has 3 heterocycles. The fourth-order valence-corrected chi connectivity index (χ4v) is 3.42. The number of imidazole rings is 1. The number of aromatic nitrogens is 2. The van der Waals surface area contributed by atoms with E-state index in [0.717, 1.165) is 29.5 Å². The Hall–Kier alpha value is -3.32. The Morgan fingerprint density at radius 3 is 2.85 bits per heavy atom. The monoisotopic (exact) mass is 360 g/mol. The molecule has 2 amide bonds. The van der Waals surface area contributed by atoms with E-state index in [2.05, 4.69) is 15.3 Å². The molecule has 0 bridgehead atoms. The van der Waals surface area contributed by atoms with Gasteiger partial charge in [-0.25, -0.2) is 9.98 Å². The van der Waals surface area contributed by atoms with Gasteiger partial charge >= 0.3 is 0 Å². The Morgan fingerprint density at radius 2 is 2.07 bits per heavy atom. The van der Waals surface area contributed by atoms with Crippen molar-refractivity contribution in [1.29, 1.82) is 0 Å². The van der Waals surface area contributed by atoms with Crippen LogP contribution in [-0.4, -0.2) is 26.3 Å². The van der Waals surface area contributed by atoms with Gasteiger partial charge < -0.3 is 14.8 Å². The molecule has 2 aliphatic rings. The molecule has 5 rings (SSSR count). The first-order chi connectivity index (χ1) is 13.1. The minimum atomic E-state index is -0.296. The number of hydrogen-bond donors (Lipinski definition) is 2. The molecule has 0 saturated heterocycles. The zero-order chi connectivity index (χ0) is 18.5. The van der Waals surface area contributed by atoms with Crippen LogP contribution in [0.3, 0.4) is 0 Å². The second-order valence-electron chi connectivity index (χ2n) is 6.86. The summed E-state index contributed by atoms with van der Waals surface area (Å²) in [5, 5.41) is 13.9. The summed E-state index contributed by atoms with van der Waals surface area (Å²) in [7, 11) is 0. The largest absolute Gasteiger partial charge is 0.392 e. The highest BCUT2D eigenvalue weighted by atomic mass is 16.3. The number of carbonyl (C=O) groups excluding carboxylic acids is 2. The smallest absolute Gasteiger partial charge is 0.270 e. The number of aliphatic hydroxyl groups excluding tert-OH is 1. The summed E-state index contributed by atoms with van der Waals surface area (Å²) in [5.74, 6) is 0.342. The number of fused-ring (bicyclic) bond motifs is 2. The number of hydrogen-bond acceptors (Lipinski definition) is 4. The van der Waals surface area contributed by atoms with Crippen molar-refractivity contribution in [2.45, 2.75) is 19.4 Å². The third-order valence-corrected chi connectivity index (χ3v) is 4.92. The van der Waals surface area contributed by atoms with E-state index < -0.39 is 0 Å². The molecule has 1 fully saturated rings. The molecular formula is C20H16N4O3. The molecule has 1 aliphatic carbocycles. The highest BCUT2D eigenvalue weighted by Gasteiger charge is 2.30. The van der Waals surface area contributed by atoms with Gasteiger partial charge in [-0.1, -0.05) is 6.07 Å². The third-order valence-electron chi connectivity index (χ3n) is 4.92. The summed E-state index contributed by atoms with van der Waals surface area (Å²) in [6.07, 6.45) is 7.00. The Kier molecular flexibility index (Phi) is 3.45. The van der Waals surface area contributed by atoms with Crippen LogP contribution in [0.4, 0.5) is 5.82 Å². The van der Waals surface area contributed by atoms with Gasteiger partial charge in [-0.3, -0.25) is 9.59 Å². The van der Waals surface area contributed by atoms with Crippen LogP contribution in [0.5, 0.6) is 0 Å². The lowest BCUT2D eigenvalue weighted by molar-refractivity contribution is -0.117. The van der Waals surface area contributed by atoms with Crippen LogP contribution in [0, 0.1) is 5.92 Å². The lowest BCUT2D eigenvalue weighted by Crippen LogP contribution is -2.25. The first kappa shape index (κ1) is 15.9. The standard InChI is InChI=1S/C20H16N4O3/c25-10-13-3-5-15-14(7-18(26)21-15)19(13)12-4-6-17-22-16(9-24(17)8-12)23-20(27)11-1-2-11/h3-9,11,25H,1-2,10H2,(H,23,27). The normalized spacial score (nSPS) is 15.4. The van der Waals surface area contributed by atoms with Crippen LogP contribution in [0.15, 0.2) is 41.7 Å². The van der Waals surface area contributed by atoms with Crippen LogP contribution in [0.2, 0.25) is 0 Å². The molecule has 1 aromatic carbocycles. The van der Waals surface area contributed by atoms with Crippen molar-refractivity contribution in [2.24, 2.45) is 10.9 Å². The minimum Gasteiger partial charge on any atom is -0.392 e. The molecule has 27 heavy (non-hydrogen) atoms. The number of nitrogens with zero attached hydrogens (tertiary/aromatic N) is 3. The van der Waals surface area contributed by atoms with Crippen LogP contribution >= 0.6 is 0 Å². The Morgan fingerprint density at radius 1 is 1.22 bits per heavy atom. The van der Waals surface area contributed by atoms with Crippen LogP contribution < -0.4 is 15.9 Å². The molecule has 2 N–H and O–H groups in total. The van der Waals surface area contributed by atoms with Crippen molar-refractivity contribution >= 4 is 29.4 Å². The third kappa shape index (κ3) is 2.72. The van der Waals surface area contributed by atoms with Gasteiger partial charge in [0.15, 0.2) is 5.82 Å². The Labute approximate surface area is 153 Å². The molecule has 0 atom stereocenters. The zero-order valence-electron chi connectivity index (χ0n) is 14.3. The number of carbonyl (C=O) groups is 2. The first-order valence-corrected chi connectivity index (χ1v) is 8.79. The fourth-order valence-electron chi connectivity index (χ4n) is 3.42. The number of pyridine rings is 1. The van der Waals surface area contributed by atoms with Crippen molar-refractivity contribution in [1.82, 2.24) is 9.38 Å². The summed E-state index contributed by atoms with van der Waals surface area (Å²) in [5.41, 5.74) is 3.04. The van der Waals surface area contributed by atoms with Gasteiger partial charge in [-0.05, 0) is 47.7 Å². The van der Waals surface area contributed by atoms with Crippen LogP contribution in [-0.2, 0) is 16.2 Å². The lowest BCUT2D eigenvalue weighted by atomic mass is 9.98. The predicted molar refractivity (Wildman–Crippen MR) is 98.2 cm³/mol. The maximum Gasteiger partial charge on any atom is 0.270 e. The number of aliphatic hydroxyl groups is 1. The molecule has 7 nitrogen and oxygen atoms in total. The summed E-state index contributed by atoms with van der Waals surface area (Å²) < 4.78 is 1.83. The Balaban J connectivity index is 1.61. The average Bonchev–Trinajstić information content (AvgIpc) is 3.33. The van der Waals surface area contributed by atoms with Gasteiger partial charge in [0.25, 0.3) is 5.91 Å². The highest BCUT2D eigenvalue weighted by Crippen LogP contribution is 2.30. The molecule has 0 radical (unpaired) electrons. The highest BCUT2D eigenvalue weighted by molar-refractivity contribution is 6.07. The van der Waals surface area contributed by atoms with Gasteiger partial charge in [-0.2, -0.15) is 0 Å². The van der Waals surface area contributed by atoms with Crippen molar-refractivity contribution in [3.05, 3.63) is 52.8 Å². The number of benzene rings is 1. The van der Waals surface area contributed by atoms with Gasteiger partial charge in [0.2, 0.25) is 5.91 Å². The van der Waals surface area contributed by atoms with E-state index in [0.29, 0.717) is 22.0 Å². The second kappa shape index (κ2) is 5.85. The molecule has 3 aromatic rings. The summed E-state index contributed by atoms with van der Waals surface area (Å²) in [6.45, 7) is -0.144. The van der Waals surface area contributed by atoms with Crippen molar-refractivity contribution in [3.63, 3.8) is 0 Å². The van der Waals surface area contributed by atoms with Crippen molar-refractivity contribution in [2.75, 3.05) is 5.32 Å². The van der Waals surface area contributed by atoms with E-state index in [-0.39, 0.29) is 24.3 Å². The minimum absolute atomic E-state index is 0.0109.